The molecule has 2 rings (SSSR count). The van der Waals surface area contributed by atoms with Gasteiger partial charge in [0.2, 0.25) is 5.91 Å². The molecule has 1 aliphatic heterocycles. The summed E-state index contributed by atoms with van der Waals surface area (Å²) < 4.78 is 5.70. The van der Waals surface area contributed by atoms with Crippen LogP contribution < -0.4 is 11.1 Å². The summed E-state index contributed by atoms with van der Waals surface area (Å²) in [6, 6.07) is 0. The summed E-state index contributed by atoms with van der Waals surface area (Å²) in [7, 11) is 0. The minimum atomic E-state index is -0.805. The van der Waals surface area contributed by atoms with Crippen LogP contribution in [0.2, 0.25) is 0 Å². The first-order valence-corrected chi connectivity index (χ1v) is 9.61. The molecule has 2 aliphatic rings. The predicted molar refractivity (Wildman–Crippen MR) is 112 cm³/mol. The molecule has 5 nitrogen and oxygen atoms in total. The summed E-state index contributed by atoms with van der Waals surface area (Å²) >= 11 is 0. The first kappa shape index (κ1) is 25.9. The maximum absolute atomic E-state index is 12.6. The maximum Gasteiger partial charge on any atom is 0.240 e. The van der Waals surface area contributed by atoms with Gasteiger partial charge in [-0.05, 0) is 38.1 Å². The van der Waals surface area contributed by atoms with Crippen LogP contribution >= 0.6 is 24.8 Å². The van der Waals surface area contributed by atoms with Crippen molar-refractivity contribution in [2.75, 3.05) is 32.8 Å². The fourth-order valence-electron chi connectivity index (χ4n) is 4.46. The van der Waals surface area contributed by atoms with Crippen molar-refractivity contribution < 1.29 is 9.53 Å². The lowest BCUT2D eigenvalue weighted by molar-refractivity contribution is -0.170. The zero-order valence-corrected chi connectivity index (χ0v) is 18.7. The summed E-state index contributed by atoms with van der Waals surface area (Å²) in [5.41, 5.74) is 5.28. The van der Waals surface area contributed by atoms with E-state index in [1.54, 1.807) is 0 Å². The first-order chi connectivity index (χ1) is 11.2. The van der Waals surface area contributed by atoms with Crippen molar-refractivity contribution in [2.45, 2.75) is 65.5 Å². The van der Waals surface area contributed by atoms with Crippen LogP contribution in [-0.2, 0) is 9.53 Å². The quantitative estimate of drug-likeness (QED) is 0.631. The third-order valence-corrected chi connectivity index (χ3v) is 6.12. The molecule has 2 fully saturated rings. The monoisotopic (exact) mass is 411 g/mol. The molecule has 4 atom stereocenters. The Kier molecular flexibility index (Phi) is 10.4. The van der Waals surface area contributed by atoms with Crippen molar-refractivity contribution in [2.24, 2.45) is 23.0 Å². The van der Waals surface area contributed by atoms with E-state index in [4.69, 9.17) is 10.5 Å². The predicted octanol–water partition coefficient (Wildman–Crippen LogP) is 2.85. The third kappa shape index (κ3) is 5.48. The van der Waals surface area contributed by atoms with Crippen molar-refractivity contribution in [3.05, 3.63) is 0 Å². The molecule has 1 amide bonds. The van der Waals surface area contributed by atoms with E-state index in [1.807, 2.05) is 20.8 Å². The second kappa shape index (κ2) is 10.5. The lowest BCUT2D eigenvalue weighted by atomic mass is 9.54. The molecular formula is C19H39Cl2N3O2. The lowest BCUT2D eigenvalue weighted by Gasteiger charge is -2.57. The highest BCUT2D eigenvalue weighted by atomic mass is 35.5. The van der Waals surface area contributed by atoms with Crippen molar-refractivity contribution in [3.8, 4) is 0 Å². The highest BCUT2D eigenvalue weighted by molar-refractivity contribution is 5.88. The number of halogens is 2. The Balaban J connectivity index is 0.00000312. The Hall–Kier alpha value is -0.0700. The van der Waals surface area contributed by atoms with Gasteiger partial charge in [0.1, 0.15) is 5.54 Å². The summed E-state index contributed by atoms with van der Waals surface area (Å²) in [6.45, 7) is 15.5. The fourth-order valence-corrected chi connectivity index (χ4v) is 4.46. The molecule has 0 aromatic rings. The Morgan fingerprint density at radius 3 is 2.31 bits per heavy atom. The number of carbonyl (C=O) groups is 1. The molecule has 1 saturated carbocycles. The van der Waals surface area contributed by atoms with Crippen molar-refractivity contribution in [1.82, 2.24) is 10.2 Å². The van der Waals surface area contributed by atoms with Crippen LogP contribution in [0, 0.1) is 17.3 Å². The number of rotatable bonds is 7. The summed E-state index contributed by atoms with van der Waals surface area (Å²) in [4.78, 5) is 15.1. The molecule has 3 N–H and O–H groups in total. The Bertz CT molecular complexity index is 441. The second-order valence-corrected chi connectivity index (χ2v) is 8.66. The average molecular weight is 412 g/mol. The molecule has 1 heterocycles. The molecule has 0 spiro atoms. The van der Waals surface area contributed by atoms with E-state index < -0.39 is 5.54 Å². The minimum Gasteiger partial charge on any atom is -0.378 e. The van der Waals surface area contributed by atoms with Crippen LogP contribution in [0.5, 0.6) is 0 Å². The highest BCUT2D eigenvalue weighted by Crippen LogP contribution is 2.49. The van der Waals surface area contributed by atoms with Crippen molar-refractivity contribution >= 4 is 30.7 Å². The topological polar surface area (TPSA) is 67.6 Å². The molecule has 26 heavy (non-hydrogen) atoms. The fraction of sp³-hybridized carbons (Fsp3) is 0.947. The molecule has 0 bridgehead atoms. The first-order valence-electron chi connectivity index (χ1n) is 9.61. The number of amides is 1. The van der Waals surface area contributed by atoms with E-state index in [2.05, 4.69) is 24.1 Å². The van der Waals surface area contributed by atoms with Gasteiger partial charge < -0.3 is 20.7 Å². The Morgan fingerprint density at radius 1 is 1.23 bits per heavy atom. The summed E-state index contributed by atoms with van der Waals surface area (Å²) in [5.74, 6) is 1.53. The van der Waals surface area contributed by atoms with Crippen molar-refractivity contribution in [1.29, 1.82) is 0 Å². The van der Waals surface area contributed by atoms with Gasteiger partial charge in [-0.3, -0.25) is 4.79 Å². The molecule has 7 heteroatoms. The van der Waals surface area contributed by atoms with Crippen LogP contribution in [0.25, 0.3) is 0 Å². The van der Waals surface area contributed by atoms with Gasteiger partial charge in [-0.1, -0.05) is 27.7 Å². The van der Waals surface area contributed by atoms with Gasteiger partial charge in [-0.2, -0.15) is 0 Å². The zero-order chi connectivity index (χ0) is 18.0. The van der Waals surface area contributed by atoms with Gasteiger partial charge in [0.25, 0.3) is 0 Å². The number of hydrogen-bond donors (Lipinski definition) is 2. The van der Waals surface area contributed by atoms with Gasteiger partial charge in [-0.25, -0.2) is 0 Å². The van der Waals surface area contributed by atoms with Gasteiger partial charge in [0.15, 0.2) is 0 Å². The van der Waals surface area contributed by atoms with Crippen LogP contribution in [0.3, 0.4) is 0 Å². The molecule has 0 radical (unpaired) electrons. The minimum absolute atomic E-state index is 0. The van der Waals surface area contributed by atoms with Crippen LogP contribution in [0.4, 0.5) is 0 Å². The molecule has 0 aromatic carbocycles. The highest BCUT2D eigenvalue weighted by Gasteiger charge is 2.62. The smallest absolute Gasteiger partial charge is 0.240 e. The van der Waals surface area contributed by atoms with E-state index in [0.29, 0.717) is 19.6 Å². The molecular weight excluding hydrogens is 373 g/mol. The van der Waals surface area contributed by atoms with E-state index in [0.717, 1.165) is 24.8 Å². The van der Waals surface area contributed by atoms with E-state index in [1.165, 1.54) is 19.5 Å². The van der Waals surface area contributed by atoms with Gasteiger partial charge in [-0.15, -0.1) is 24.8 Å². The van der Waals surface area contributed by atoms with Crippen LogP contribution in [-0.4, -0.2) is 55.2 Å². The maximum atomic E-state index is 12.6. The number of piperidine rings is 1. The molecule has 156 valence electrons. The van der Waals surface area contributed by atoms with Gasteiger partial charge in [0.05, 0.1) is 6.10 Å². The number of carbonyl (C=O) groups excluding carboxylic acids is 1. The normalized spacial score (nSPS) is 33.4. The number of hydrogen-bond acceptors (Lipinski definition) is 4. The van der Waals surface area contributed by atoms with E-state index in [-0.39, 0.29) is 42.2 Å². The zero-order valence-electron chi connectivity index (χ0n) is 17.0. The molecule has 1 saturated heterocycles. The van der Waals surface area contributed by atoms with Gasteiger partial charge in [0, 0.05) is 38.1 Å². The van der Waals surface area contributed by atoms with Crippen LogP contribution in [0.15, 0.2) is 0 Å². The third-order valence-electron chi connectivity index (χ3n) is 6.12. The summed E-state index contributed by atoms with van der Waals surface area (Å²) in [5, 5.41) is 3.06. The molecule has 0 aromatic heterocycles. The van der Waals surface area contributed by atoms with Crippen LogP contribution in [0.1, 0.15) is 53.9 Å². The van der Waals surface area contributed by atoms with E-state index >= 15 is 0 Å². The lowest BCUT2D eigenvalue weighted by Crippen LogP contribution is -2.75. The Labute approximate surface area is 172 Å². The number of ether oxygens (including phenoxy) is 1. The summed E-state index contributed by atoms with van der Waals surface area (Å²) in [6.07, 6.45) is 3.01. The number of nitrogens with one attached hydrogen (secondary N) is 1. The van der Waals surface area contributed by atoms with Gasteiger partial charge >= 0.3 is 0 Å². The molecule has 1 aliphatic carbocycles. The Morgan fingerprint density at radius 2 is 1.81 bits per heavy atom. The number of likely N-dealkylation sites (tertiary alicyclic amines) is 1. The average Bonchev–Trinajstić information content (AvgIpc) is 2.50. The van der Waals surface area contributed by atoms with Crippen molar-refractivity contribution in [3.63, 3.8) is 0 Å². The standard InChI is InChI=1S/C19H37N3O2.2ClH/c1-6-24-16-11-19(20,18(16,4)5)17(23)21-8-7-9-22-12-14(2)10-15(3)13-22;;/h14-16H,6-13,20H2,1-5H3,(H,21,23);2*1H. The SMILES string of the molecule is CCOC1CC(N)(C(=O)NCCCN2CC(C)CC(C)C2)C1(C)C.Cl.Cl. The number of nitrogens with two attached hydrogens (primary N) is 1. The number of nitrogens with zero attached hydrogens (tertiary/aromatic N) is 1. The largest absolute Gasteiger partial charge is 0.378 e. The second-order valence-electron chi connectivity index (χ2n) is 8.66. The molecule has 4 unspecified atom stereocenters. The van der Waals surface area contributed by atoms with E-state index in [9.17, 15) is 4.79 Å².